The molecule has 0 spiro atoms. The molecule has 0 aliphatic heterocycles. The van der Waals surface area contributed by atoms with E-state index in [1.54, 1.807) is 7.11 Å². The van der Waals surface area contributed by atoms with Crippen LogP contribution in [0.4, 0.5) is 5.69 Å². The summed E-state index contributed by atoms with van der Waals surface area (Å²) in [4.78, 5) is 4.49. The van der Waals surface area contributed by atoms with Crippen LogP contribution in [0.2, 0.25) is 0 Å². The van der Waals surface area contributed by atoms with Crippen molar-refractivity contribution in [3.8, 4) is 0 Å². The zero-order chi connectivity index (χ0) is 13.8. The summed E-state index contributed by atoms with van der Waals surface area (Å²) in [6, 6.07) is 2.42. The fraction of sp³-hybridized carbons (Fsp3) is 0.571. The monoisotopic (exact) mass is 262 g/mol. The van der Waals surface area contributed by atoms with Gasteiger partial charge in [0.25, 0.3) is 0 Å². The number of rotatable bonds is 6. The number of nitrogens with zero attached hydrogens (tertiary/aromatic N) is 3. The van der Waals surface area contributed by atoms with Gasteiger partial charge in [-0.3, -0.25) is 0 Å². The Morgan fingerprint density at radius 1 is 1.32 bits per heavy atom. The number of ether oxygens (including phenoxy) is 1. The van der Waals surface area contributed by atoms with Crippen molar-refractivity contribution in [1.29, 1.82) is 0 Å². The van der Waals surface area contributed by atoms with Gasteiger partial charge in [0.05, 0.1) is 24.7 Å². The van der Waals surface area contributed by atoms with Gasteiger partial charge in [-0.15, -0.1) is 0 Å². The fourth-order valence-corrected chi connectivity index (χ4v) is 2.05. The summed E-state index contributed by atoms with van der Waals surface area (Å²) in [6.45, 7) is 7.99. The minimum absolute atomic E-state index is 0.325. The van der Waals surface area contributed by atoms with Crippen molar-refractivity contribution in [2.45, 2.75) is 26.8 Å². The zero-order valence-electron chi connectivity index (χ0n) is 12.1. The Labute approximate surface area is 114 Å². The number of pyridine rings is 1. The summed E-state index contributed by atoms with van der Waals surface area (Å²) in [5.74, 6) is 0.471. The van der Waals surface area contributed by atoms with Crippen LogP contribution in [-0.2, 0) is 4.74 Å². The second-order valence-corrected chi connectivity index (χ2v) is 5.26. The number of hydrogen-bond acceptors (Lipinski definition) is 4. The second-order valence-electron chi connectivity index (χ2n) is 5.26. The molecule has 1 N–H and O–H groups in total. The van der Waals surface area contributed by atoms with Gasteiger partial charge in [-0.05, 0) is 25.8 Å². The molecule has 0 fully saturated rings. The predicted octanol–water partition coefficient (Wildman–Crippen LogP) is 2.71. The second kappa shape index (κ2) is 6.02. The van der Waals surface area contributed by atoms with Gasteiger partial charge in [-0.1, -0.05) is 6.92 Å². The van der Waals surface area contributed by atoms with Crippen LogP contribution in [-0.4, -0.2) is 35.0 Å². The molecule has 1 unspecified atom stereocenters. The highest BCUT2D eigenvalue weighted by Crippen LogP contribution is 2.19. The van der Waals surface area contributed by atoms with Crippen molar-refractivity contribution < 1.29 is 4.74 Å². The van der Waals surface area contributed by atoms with Gasteiger partial charge in [0.1, 0.15) is 0 Å². The first-order valence-electron chi connectivity index (χ1n) is 6.68. The van der Waals surface area contributed by atoms with Gasteiger partial charge in [-0.25, -0.2) is 9.67 Å². The summed E-state index contributed by atoms with van der Waals surface area (Å²) >= 11 is 0. The molecule has 0 radical (unpaired) electrons. The molecule has 0 aromatic carbocycles. The highest BCUT2D eigenvalue weighted by Gasteiger charge is 2.08. The largest absolute Gasteiger partial charge is 0.384 e. The molecule has 2 aromatic heterocycles. The molecule has 1 atom stereocenters. The number of hydrogen-bond donors (Lipinski definition) is 1. The van der Waals surface area contributed by atoms with Crippen LogP contribution in [0.15, 0.2) is 18.5 Å². The summed E-state index contributed by atoms with van der Waals surface area (Å²) in [5, 5.41) is 8.81. The first-order valence-corrected chi connectivity index (χ1v) is 6.68. The Bertz CT molecular complexity index is 535. The molecule has 0 saturated carbocycles. The first-order chi connectivity index (χ1) is 9.11. The Hall–Kier alpha value is -1.62. The van der Waals surface area contributed by atoms with Crippen molar-refractivity contribution in [1.82, 2.24) is 14.8 Å². The van der Waals surface area contributed by atoms with Crippen LogP contribution in [0.1, 0.15) is 26.8 Å². The molecule has 2 aromatic rings. The van der Waals surface area contributed by atoms with Crippen molar-refractivity contribution >= 4 is 16.7 Å². The number of aromatic nitrogens is 3. The SMILES string of the molecule is COCC(C)CNc1cnc2c(cnn2C(C)C)c1. The molecule has 2 rings (SSSR count). The molecule has 0 aliphatic carbocycles. The van der Waals surface area contributed by atoms with Crippen LogP contribution in [0.3, 0.4) is 0 Å². The highest BCUT2D eigenvalue weighted by atomic mass is 16.5. The zero-order valence-corrected chi connectivity index (χ0v) is 12.1. The maximum Gasteiger partial charge on any atom is 0.158 e. The van der Waals surface area contributed by atoms with Crippen LogP contribution >= 0.6 is 0 Å². The lowest BCUT2D eigenvalue weighted by atomic mass is 10.2. The van der Waals surface area contributed by atoms with E-state index in [0.29, 0.717) is 12.0 Å². The number of nitrogens with one attached hydrogen (secondary N) is 1. The van der Waals surface area contributed by atoms with Crippen LogP contribution < -0.4 is 5.32 Å². The topological polar surface area (TPSA) is 52.0 Å². The summed E-state index contributed by atoms with van der Waals surface area (Å²) in [7, 11) is 1.73. The molecule has 19 heavy (non-hydrogen) atoms. The lowest BCUT2D eigenvalue weighted by molar-refractivity contribution is 0.164. The first kappa shape index (κ1) is 13.8. The van der Waals surface area contributed by atoms with E-state index < -0.39 is 0 Å². The minimum Gasteiger partial charge on any atom is -0.384 e. The third kappa shape index (κ3) is 3.23. The van der Waals surface area contributed by atoms with E-state index in [1.165, 1.54) is 0 Å². The normalized spacial score (nSPS) is 13.1. The lowest BCUT2D eigenvalue weighted by Crippen LogP contribution is -2.15. The molecule has 5 nitrogen and oxygen atoms in total. The molecule has 104 valence electrons. The Morgan fingerprint density at radius 2 is 2.11 bits per heavy atom. The van der Waals surface area contributed by atoms with Crippen molar-refractivity contribution in [2.24, 2.45) is 5.92 Å². The molecule has 5 heteroatoms. The summed E-state index contributed by atoms with van der Waals surface area (Å²) < 4.78 is 7.06. The molecule has 0 aliphatic rings. The van der Waals surface area contributed by atoms with E-state index in [0.717, 1.165) is 29.9 Å². The average Bonchev–Trinajstić information content (AvgIpc) is 2.79. The van der Waals surface area contributed by atoms with Crippen molar-refractivity contribution in [3.05, 3.63) is 18.5 Å². The van der Waals surface area contributed by atoms with Gasteiger partial charge >= 0.3 is 0 Å². The van der Waals surface area contributed by atoms with Crippen LogP contribution in [0.25, 0.3) is 11.0 Å². The Kier molecular flexibility index (Phi) is 4.37. The highest BCUT2D eigenvalue weighted by molar-refractivity contribution is 5.78. The van der Waals surface area contributed by atoms with Gasteiger partial charge in [0.15, 0.2) is 5.65 Å². The number of methoxy groups -OCH3 is 1. The van der Waals surface area contributed by atoms with Crippen LogP contribution in [0.5, 0.6) is 0 Å². The quantitative estimate of drug-likeness (QED) is 0.869. The van der Waals surface area contributed by atoms with E-state index in [1.807, 2.05) is 17.1 Å². The van der Waals surface area contributed by atoms with Gasteiger partial charge in [0, 0.05) is 25.1 Å². The molecule has 0 saturated heterocycles. The van der Waals surface area contributed by atoms with Gasteiger partial charge < -0.3 is 10.1 Å². The van der Waals surface area contributed by atoms with E-state index in [9.17, 15) is 0 Å². The number of anilines is 1. The average molecular weight is 262 g/mol. The van der Waals surface area contributed by atoms with Gasteiger partial charge in [0.2, 0.25) is 0 Å². The standard InChI is InChI=1S/C14H22N4O/c1-10(2)18-14-12(7-17-18)5-13(8-16-14)15-6-11(3)9-19-4/h5,7-8,10-11,15H,6,9H2,1-4H3. The molecule has 0 bridgehead atoms. The lowest BCUT2D eigenvalue weighted by Gasteiger charge is -2.12. The molecule has 0 amide bonds. The maximum atomic E-state index is 5.12. The summed E-state index contributed by atoms with van der Waals surface area (Å²) in [5.41, 5.74) is 1.96. The molecular weight excluding hydrogens is 240 g/mol. The van der Waals surface area contributed by atoms with Gasteiger partial charge in [-0.2, -0.15) is 5.10 Å². The number of fused-ring (bicyclic) bond motifs is 1. The maximum absolute atomic E-state index is 5.12. The summed E-state index contributed by atoms with van der Waals surface area (Å²) in [6.07, 6.45) is 3.73. The van der Waals surface area contributed by atoms with E-state index >= 15 is 0 Å². The molecule has 2 heterocycles. The third-order valence-corrected chi connectivity index (χ3v) is 3.03. The third-order valence-electron chi connectivity index (χ3n) is 3.03. The van der Waals surface area contributed by atoms with Crippen LogP contribution in [0, 0.1) is 5.92 Å². The van der Waals surface area contributed by atoms with E-state index in [4.69, 9.17) is 4.74 Å². The van der Waals surface area contributed by atoms with E-state index in [2.05, 4.69) is 42.2 Å². The Morgan fingerprint density at radius 3 is 2.79 bits per heavy atom. The Balaban J connectivity index is 2.10. The minimum atomic E-state index is 0.325. The molecular formula is C14H22N4O. The smallest absolute Gasteiger partial charge is 0.158 e. The predicted molar refractivity (Wildman–Crippen MR) is 77.4 cm³/mol. The fourth-order valence-electron chi connectivity index (χ4n) is 2.05. The van der Waals surface area contributed by atoms with Crippen molar-refractivity contribution in [2.75, 3.05) is 25.6 Å². The van der Waals surface area contributed by atoms with Crippen molar-refractivity contribution in [3.63, 3.8) is 0 Å². The van der Waals surface area contributed by atoms with E-state index in [-0.39, 0.29) is 0 Å².